The first kappa shape index (κ1) is 22.8. The van der Waals surface area contributed by atoms with Crippen LogP contribution in [-0.4, -0.2) is 65.3 Å². The highest BCUT2D eigenvalue weighted by molar-refractivity contribution is 7.93. The van der Waals surface area contributed by atoms with Crippen molar-refractivity contribution < 1.29 is 22.6 Å². The highest BCUT2D eigenvalue weighted by Gasteiger charge is 2.34. The number of hydrogen-bond acceptors (Lipinski definition) is 9. The molecule has 0 radical (unpaired) electrons. The smallest absolute Gasteiger partial charge is 0.240 e. The maximum atomic E-state index is 13.1. The van der Waals surface area contributed by atoms with Crippen molar-refractivity contribution in [3.8, 4) is 0 Å². The fourth-order valence-corrected chi connectivity index (χ4v) is 4.32. The van der Waals surface area contributed by atoms with Gasteiger partial charge in [0.25, 0.3) is 0 Å². The standard InChI is InChI=1S/C17H25ClN6O5S/c1-4-5-24-16(13-10-28-6-7-29-13)21-22-17(24)23-30(25,26)11(2)14(27-3)15-19-8-12(18)9-20-15/h8-9,11,13-14H,4-7,10H2,1-3H3,(H,22,23)/t11-,13-,14-/m0/s1. The van der Waals surface area contributed by atoms with Gasteiger partial charge < -0.3 is 14.2 Å². The van der Waals surface area contributed by atoms with E-state index >= 15 is 0 Å². The van der Waals surface area contributed by atoms with Crippen molar-refractivity contribution in [3.63, 3.8) is 0 Å². The lowest BCUT2D eigenvalue weighted by Crippen LogP contribution is -2.33. The van der Waals surface area contributed by atoms with Crippen LogP contribution in [0.3, 0.4) is 0 Å². The number of rotatable bonds is 9. The molecule has 1 saturated heterocycles. The van der Waals surface area contributed by atoms with Crippen LogP contribution in [0.2, 0.25) is 5.02 Å². The molecule has 0 saturated carbocycles. The van der Waals surface area contributed by atoms with Crippen molar-refractivity contribution in [2.75, 3.05) is 31.7 Å². The van der Waals surface area contributed by atoms with E-state index in [1.54, 1.807) is 4.57 Å². The third kappa shape index (κ3) is 5.06. The molecule has 1 aliphatic rings. The summed E-state index contributed by atoms with van der Waals surface area (Å²) >= 11 is 5.82. The zero-order valence-electron chi connectivity index (χ0n) is 17.0. The van der Waals surface area contributed by atoms with Gasteiger partial charge in [-0.1, -0.05) is 18.5 Å². The van der Waals surface area contributed by atoms with Gasteiger partial charge in [0.15, 0.2) is 11.6 Å². The number of nitrogens with zero attached hydrogens (tertiary/aromatic N) is 5. The SMILES string of the molecule is CCCn1c(NS(=O)(=O)[C@@H](C)[C@H](OC)c2ncc(Cl)cn2)nnc1[C@@H]1COCCO1. The number of aromatic nitrogens is 5. The summed E-state index contributed by atoms with van der Waals surface area (Å²) in [6.07, 6.45) is 2.22. The van der Waals surface area contributed by atoms with Crippen LogP contribution in [0.5, 0.6) is 0 Å². The molecule has 1 fully saturated rings. The molecule has 2 aromatic heterocycles. The second-order valence-corrected chi connectivity index (χ2v) is 9.21. The summed E-state index contributed by atoms with van der Waals surface area (Å²) in [5, 5.41) is 7.51. The Hall–Kier alpha value is -1.86. The molecule has 11 nitrogen and oxygen atoms in total. The number of methoxy groups -OCH3 is 1. The zero-order valence-corrected chi connectivity index (χ0v) is 18.6. The van der Waals surface area contributed by atoms with Crippen molar-refractivity contribution >= 4 is 27.6 Å². The fourth-order valence-electron chi connectivity index (χ4n) is 3.07. The van der Waals surface area contributed by atoms with Crippen LogP contribution in [0.4, 0.5) is 5.95 Å². The van der Waals surface area contributed by atoms with E-state index in [1.807, 2.05) is 6.92 Å². The molecule has 0 aliphatic carbocycles. The van der Waals surface area contributed by atoms with Crippen LogP contribution in [0.15, 0.2) is 12.4 Å². The van der Waals surface area contributed by atoms with Gasteiger partial charge in [0.05, 0.1) is 24.8 Å². The minimum Gasteiger partial charge on any atom is -0.376 e. The molecule has 0 unspecified atom stereocenters. The molecule has 13 heteroatoms. The number of sulfonamides is 1. The second kappa shape index (κ2) is 9.96. The number of nitrogens with one attached hydrogen (secondary N) is 1. The maximum Gasteiger partial charge on any atom is 0.240 e. The Bertz CT molecular complexity index is 933. The predicted octanol–water partition coefficient (Wildman–Crippen LogP) is 1.74. The molecule has 30 heavy (non-hydrogen) atoms. The van der Waals surface area contributed by atoms with Gasteiger partial charge >= 0.3 is 0 Å². The quantitative estimate of drug-likeness (QED) is 0.594. The molecule has 1 aliphatic heterocycles. The van der Waals surface area contributed by atoms with Gasteiger partial charge in [0.1, 0.15) is 17.5 Å². The normalized spacial score (nSPS) is 19.4. The van der Waals surface area contributed by atoms with Crippen molar-refractivity contribution in [1.82, 2.24) is 24.7 Å². The van der Waals surface area contributed by atoms with Gasteiger partial charge in [0.2, 0.25) is 16.0 Å². The molecule has 0 bridgehead atoms. The molecular weight excluding hydrogens is 436 g/mol. The predicted molar refractivity (Wildman–Crippen MR) is 109 cm³/mol. The first-order valence-corrected chi connectivity index (χ1v) is 11.4. The average Bonchev–Trinajstić information content (AvgIpc) is 3.12. The van der Waals surface area contributed by atoms with E-state index in [0.29, 0.717) is 37.2 Å². The lowest BCUT2D eigenvalue weighted by molar-refractivity contribution is -0.0947. The van der Waals surface area contributed by atoms with Gasteiger partial charge in [-0.3, -0.25) is 9.29 Å². The Morgan fingerprint density at radius 2 is 2.07 bits per heavy atom. The van der Waals surface area contributed by atoms with Crippen molar-refractivity contribution in [3.05, 3.63) is 29.1 Å². The molecule has 2 aromatic rings. The van der Waals surface area contributed by atoms with Crippen LogP contribution in [0, 0.1) is 0 Å². The van der Waals surface area contributed by atoms with Gasteiger partial charge in [-0.25, -0.2) is 18.4 Å². The first-order valence-electron chi connectivity index (χ1n) is 9.51. The largest absolute Gasteiger partial charge is 0.376 e. The van der Waals surface area contributed by atoms with Crippen LogP contribution < -0.4 is 4.72 Å². The fraction of sp³-hybridized carbons (Fsp3) is 0.647. The maximum absolute atomic E-state index is 13.1. The van der Waals surface area contributed by atoms with E-state index in [1.165, 1.54) is 26.4 Å². The Morgan fingerprint density at radius 1 is 1.33 bits per heavy atom. The van der Waals surface area contributed by atoms with E-state index in [9.17, 15) is 8.42 Å². The van der Waals surface area contributed by atoms with Crippen molar-refractivity contribution in [2.24, 2.45) is 0 Å². The molecule has 0 amide bonds. The lowest BCUT2D eigenvalue weighted by atomic mass is 10.2. The summed E-state index contributed by atoms with van der Waals surface area (Å²) in [4.78, 5) is 8.16. The molecule has 3 rings (SSSR count). The third-order valence-corrected chi connectivity index (χ3v) is 6.52. The number of hydrogen-bond donors (Lipinski definition) is 1. The van der Waals surface area contributed by atoms with E-state index in [-0.39, 0.29) is 11.8 Å². The van der Waals surface area contributed by atoms with Gasteiger partial charge in [-0.05, 0) is 13.3 Å². The van der Waals surface area contributed by atoms with E-state index < -0.39 is 27.5 Å². The minimum atomic E-state index is -3.92. The van der Waals surface area contributed by atoms with Crippen molar-refractivity contribution in [2.45, 2.75) is 44.3 Å². The first-order chi connectivity index (χ1) is 14.4. The summed E-state index contributed by atoms with van der Waals surface area (Å²) in [5.74, 6) is 0.842. The van der Waals surface area contributed by atoms with Gasteiger partial charge in [0, 0.05) is 26.0 Å². The highest BCUT2D eigenvalue weighted by atomic mass is 35.5. The van der Waals surface area contributed by atoms with Crippen LogP contribution >= 0.6 is 11.6 Å². The monoisotopic (exact) mass is 460 g/mol. The Morgan fingerprint density at radius 3 is 2.67 bits per heavy atom. The molecule has 3 atom stereocenters. The second-order valence-electron chi connectivity index (χ2n) is 6.74. The molecule has 1 N–H and O–H groups in total. The topological polar surface area (TPSA) is 130 Å². The Balaban J connectivity index is 1.84. The van der Waals surface area contributed by atoms with E-state index in [4.69, 9.17) is 25.8 Å². The summed E-state index contributed by atoms with van der Waals surface area (Å²) < 4.78 is 46.9. The summed E-state index contributed by atoms with van der Waals surface area (Å²) in [6.45, 7) is 5.29. The van der Waals surface area contributed by atoms with Crippen molar-refractivity contribution in [1.29, 1.82) is 0 Å². The molecule has 166 valence electrons. The highest BCUT2D eigenvalue weighted by Crippen LogP contribution is 2.26. The molecule has 0 spiro atoms. The zero-order chi connectivity index (χ0) is 21.7. The van der Waals surface area contributed by atoms with Gasteiger partial charge in [-0.2, -0.15) is 0 Å². The van der Waals surface area contributed by atoms with Crippen LogP contribution in [0.1, 0.15) is 44.1 Å². The minimum absolute atomic E-state index is 0.111. The molecular formula is C17H25ClN6O5S. The summed E-state index contributed by atoms with van der Waals surface area (Å²) in [7, 11) is -2.53. The third-order valence-electron chi connectivity index (χ3n) is 4.63. The average molecular weight is 461 g/mol. The number of ether oxygens (including phenoxy) is 3. The lowest BCUT2D eigenvalue weighted by Gasteiger charge is -2.24. The summed E-state index contributed by atoms with van der Waals surface area (Å²) in [6, 6.07) is 0. The Labute approximate surface area is 180 Å². The van der Waals surface area contributed by atoms with Gasteiger partial charge in [-0.15, -0.1) is 10.2 Å². The molecule has 3 heterocycles. The van der Waals surface area contributed by atoms with E-state index in [2.05, 4.69) is 24.9 Å². The molecule has 0 aromatic carbocycles. The Kier molecular flexibility index (Phi) is 7.58. The number of anilines is 1. The van der Waals surface area contributed by atoms with E-state index in [0.717, 1.165) is 6.42 Å². The number of halogens is 1. The van der Waals surface area contributed by atoms with Crippen LogP contribution in [-0.2, 0) is 30.8 Å². The summed E-state index contributed by atoms with van der Waals surface area (Å²) in [5.41, 5.74) is 0. The van der Waals surface area contributed by atoms with Crippen LogP contribution in [0.25, 0.3) is 0 Å².